The van der Waals surface area contributed by atoms with Gasteiger partial charge in [-0.2, -0.15) is 0 Å². The number of phenolic OH excluding ortho intramolecular Hbond substituents is 1. The fourth-order valence-corrected chi connectivity index (χ4v) is 2.95. The maximum Gasteiger partial charge on any atom is 0.264 e. The molecule has 0 atom stereocenters. The normalized spacial score (nSPS) is 17.3. The van der Waals surface area contributed by atoms with E-state index in [-0.39, 0.29) is 11.7 Å². The Kier molecular flexibility index (Phi) is 4.86. The van der Waals surface area contributed by atoms with Crippen molar-refractivity contribution in [3.8, 4) is 11.5 Å². The monoisotopic (exact) mass is 340 g/mol. The van der Waals surface area contributed by atoms with Gasteiger partial charge in [-0.25, -0.2) is 4.99 Å². The van der Waals surface area contributed by atoms with Crippen LogP contribution in [-0.2, 0) is 4.79 Å². The lowest BCUT2D eigenvalue weighted by atomic mass is 10.2. The largest absolute Gasteiger partial charge is 0.508 e. The highest BCUT2D eigenvalue weighted by Gasteiger charge is 2.23. The number of phenols is 1. The number of rotatable bonds is 4. The van der Waals surface area contributed by atoms with Crippen molar-refractivity contribution < 1.29 is 14.6 Å². The number of aliphatic imine (C=N–C) groups is 1. The SMILES string of the molecule is CCOc1ccc(/C=C2\SC(=Nc3ccc(O)cc3)NC2=O)cc1. The number of amides is 1. The van der Waals surface area contributed by atoms with E-state index in [0.717, 1.165) is 11.3 Å². The second kappa shape index (κ2) is 7.23. The number of benzene rings is 2. The van der Waals surface area contributed by atoms with Crippen LogP contribution in [0.2, 0.25) is 0 Å². The molecular formula is C18H16N2O3S. The summed E-state index contributed by atoms with van der Waals surface area (Å²) in [5, 5.41) is 12.5. The summed E-state index contributed by atoms with van der Waals surface area (Å²) in [5.74, 6) is 0.808. The van der Waals surface area contributed by atoms with Gasteiger partial charge in [0.2, 0.25) is 0 Å². The second-order valence-corrected chi connectivity index (χ2v) is 6.03. The van der Waals surface area contributed by atoms with E-state index in [0.29, 0.717) is 22.4 Å². The summed E-state index contributed by atoms with van der Waals surface area (Å²) in [6.45, 7) is 2.56. The molecule has 3 rings (SSSR count). The summed E-state index contributed by atoms with van der Waals surface area (Å²) in [7, 11) is 0. The molecule has 122 valence electrons. The number of aromatic hydroxyl groups is 1. The maximum absolute atomic E-state index is 12.1. The van der Waals surface area contributed by atoms with Crippen molar-refractivity contribution in [1.29, 1.82) is 0 Å². The summed E-state index contributed by atoms with van der Waals surface area (Å²) >= 11 is 1.28. The standard InChI is InChI=1S/C18H16N2O3S/c1-2-23-15-9-3-12(4-10-15)11-16-17(22)20-18(24-16)19-13-5-7-14(21)8-6-13/h3-11,21H,2H2,1H3,(H,19,20,22)/b16-11-. The number of carbonyl (C=O) groups excluding carboxylic acids is 1. The Bertz CT molecular complexity index is 796. The van der Waals surface area contributed by atoms with Crippen molar-refractivity contribution in [2.75, 3.05) is 6.61 Å². The molecule has 5 nitrogen and oxygen atoms in total. The first-order valence-corrected chi connectivity index (χ1v) is 8.27. The molecule has 6 heteroatoms. The van der Waals surface area contributed by atoms with Gasteiger partial charge in [0.15, 0.2) is 5.17 Å². The average molecular weight is 340 g/mol. The van der Waals surface area contributed by atoms with Crippen molar-refractivity contribution in [2.24, 2.45) is 4.99 Å². The zero-order valence-corrected chi connectivity index (χ0v) is 13.8. The fourth-order valence-electron chi connectivity index (χ4n) is 2.10. The van der Waals surface area contributed by atoms with Gasteiger partial charge in [0, 0.05) is 0 Å². The molecule has 1 aliphatic rings. The lowest BCUT2D eigenvalue weighted by molar-refractivity contribution is -0.115. The molecule has 1 aliphatic heterocycles. The smallest absolute Gasteiger partial charge is 0.264 e. The van der Waals surface area contributed by atoms with Crippen molar-refractivity contribution in [1.82, 2.24) is 5.32 Å². The van der Waals surface area contributed by atoms with Crippen LogP contribution < -0.4 is 10.1 Å². The number of nitrogens with one attached hydrogen (secondary N) is 1. The van der Waals surface area contributed by atoms with E-state index in [1.807, 2.05) is 37.3 Å². The topological polar surface area (TPSA) is 70.9 Å². The Labute approximate surface area is 144 Å². The first-order valence-electron chi connectivity index (χ1n) is 7.45. The highest BCUT2D eigenvalue weighted by atomic mass is 32.2. The summed E-state index contributed by atoms with van der Waals surface area (Å²) in [6, 6.07) is 14.0. The average Bonchev–Trinajstić information content (AvgIpc) is 2.91. The van der Waals surface area contributed by atoms with Gasteiger partial charge in [-0.1, -0.05) is 12.1 Å². The summed E-state index contributed by atoms with van der Waals surface area (Å²) in [5.41, 5.74) is 1.58. The van der Waals surface area contributed by atoms with Crippen LogP contribution in [0.1, 0.15) is 12.5 Å². The minimum atomic E-state index is -0.175. The third-order valence-corrected chi connectivity index (χ3v) is 4.13. The van der Waals surface area contributed by atoms with E-state index in [1.165, 1.54) is 11.8 Å². The Hall–Kier alpha value is -2.73. The molecule has 24 heavy (non-hydrogen) atoms. The molecule has 2 aromatic rings. The Balaban J connectivity index is 1.75. The zero-order chi connectivity index (χ0) is 16.9. The quantitative estimate of drug-likeness (QED) is 0.833. The van der Waals surface area contributed by atoms with Crippen molar-refractivity contribution in [3.05, 3.63) is 59.0 Å². The molecule has 0 unspecified atom stereocenters. The number of hydrogen-bond acceptors (Lipinski definition) is 5. The number of amidine groups is 1. The maximum atomic E-state index is 12.1. The predicted molar refractivity (Wildman–Crippen MR) is 96.5 cm³/mol. The van der Waals surface area contributed by atoms with Crippen LogP contribution in [0.25, 0.3) is 6.08 Å². The molecule has 0 aliphatic carbocycles. The molecule has 2 N–H and O–H groups in total. The molecule has 0 saturated carbocycles. The highest BCUT2D eigenvalue weighted by molar-refractivity contribution is 8.18. The van der Waals surface area contributed by atoms with Crippen LogP contribution in [-0.4, -0.2) is 22.8 Å². The van der Waals surface area contributed by atoms with Gasteiger partial charge >= 0.3 is 0 Å². The van der Waals surface area contributed by atoms with E-state index in [1.54, 1.807) is 24.3 Å². The van der Waals surface area contributed by atoms with Gasteiger partial charge < -0.3 is 15.2 Å². The van der Waals surface area contributed by atoms with Crippen molar-refractivity contribution >= 4 is 34.6 Å². The van der Waals surface area contributed by atoms with Crippen LogP contribution in [0.4, 0.5) is 5.69 Å². The minimum absolute atomic E-state index is 0.175. The number of ether oxygens (including phenoxy) is 1. The molecular weight excluding hydrogens is 324 g/mol. The van der Waals surface area contributed by atoms with Crippen LogP contribution in [0.3, 0.4) is 0 Å². The van der Waals surface area contributed by atoms with Gasteiger partial charge in [0.1, 0.15) is 11.5 Å². The van der Waals surface area contributed by atoms with E-state index in [4.69, 9.17) is 4.74 Å². The van der Waals surface area contributed by atoms with Crippen molar-refractivity contribution in [2.45, 2.75) is 6.92 Å². The van der Waals surface area contributed by atoms with E-state index < -0.39 is 0 Å². The van der Waals surface area contributed by atoms with Gasteiger partial charge in [-0.15, -0.1) is 0 Å². The Morgan fingerprint density at radius 3 is 2.54 bits per heavy atom. The van der Waals surface area contributed by atoms with E-state index >= 15 is 0 Å². The van der Waals surface area contributed by atoms with Crippen LogP contribution in [0.5, 0.6) is 11.5 Å². The third-order valence-electron chi connectivity index (χ3n) is 3.22. The predicted octanol–water partition coefficient (Wildman–Crippen LogP) is 3.68. The summed E-state index contributed by atoms with van der Waals surface area (Å²) in [6.07, 6.45) is 1.81. The summed E-state index contributed by atoms with van der Waals surface area (Å²) < 4.78 is 5.40. The molecule has 0 aromatic heterocycles. The highest BCUT2D eigenvalue weighted by Crippen LogP contribution is 2.28. The van der Waals surface area contributed by atoms with E-state index in [9.17, 15) is 9.90 Å². The lowest BCUT2D eigenvalue weighted by Crippen LogP contribution is -2.19. The van der Waals surface area contributed by atoms with Gasteiger partial charge in [0.25, 0.3) is 5.91 Å². The third kappa shape index (κ3) is 3.97. The molecule has 1 heterocycles. The summed E-state index contributed by atoms with van der Waals surface area (Å²) in [4.78, 5) is 17.0. The molecule has 1 fully saturated rings. The molecule has 2 aromatic carbocycles. The number of nitrogens with zero attached hydrogens (tertiary/aromatic N) is 1. The first-order chi connectivity index (χ1) is 11.6. The van der Waals surface area contributed by atoms with Gasteiger partial charge in [-0.3, -0.25) is 4.79 Å². The van der Waals surface area contributed by atoms with Gasteiger partial charge in [0.05, 0.1) is 17.2 Å². The lowest BCUT2D eigenvalue weighted by Gasteiger charge is -2.02. The zero-order valence-electron chi connectivity index (χ0n) is 13.0. The second-order valence-electron chi connectivity index (χ2n) is 5.00. The van der Waals surface area contributed by atoms with Crippen molar-refractivity contribution in [3.63, 3.8) is 0 Å². The van der Waals surface area contributed by atoms with E-state index in [2.05, 4.69) is 10.3 Å². The molecule has 0 spiro atoms. The molecule has 0 radical (unpaired) electrons. The van der Waals surface area contributed by atoms with Crippen LogP contribution in [0, 0.1) is 0 Å². The molecule has 1 amide bonds. The Morgan fingerprint density at radius 1 is 1.17 bits per heavy atom. The Morgan fingerprint density at radius 2 is 1.88 bits per heavy atom. The number of thioether (sulfide) groups is 1. The van der Waals surface area contributed by atoms with Gasteiger partial charge in [-0.05, 0) is 66.7 Å². The number of hydrogen-bond donors (Lipinski definition) is 2. The molecule has 1 saturated heterocycles. The van der Waals surface area contributed by atoms with Crippen LogP contribution >= 0.6 is 11.8 Å². The molecule has 0 bridgehead atoms. The number of carbonyl (C=O) groups is 1. The van der Waals surface area contributed by atoms with Crippen LogP contribution in [0.15, 0.2) is 58.4 Å². The fraction of sp³-hybridized carbons (Fsp3) is 0.111. The first kappa shape index (κ1) is 16.1. The minimum Gasteiger partial charge on any atom is -0.508 e.